The third kappa shape index (κ3) is 8.95. The van der Waals surface area contributed by atoms with E-state index in [9.17, 15) is 22.8 Å². The summed E-state index contributed by atoms with van der Waals surface area (Å²) in [5.74, 6) is 0.331. The molecule has 0 N–H and O–H groups in total. The molecule has 5 rings (SSSR count). The van der Waals surface area contributed by atoms with Crippen molar-refractivity contribution in [1.29, 1.82) is 0 Å². The highest BCUT2D eigenvalue weighted by molar-refractivity contribution is 6.76. The van der Waals surface area contributed by atoms with Gasteiger partial charge in [0.05, 0.1) is 11.4 Å². The van der Waals surface area contributed by atoms with Crippen molar-refractivity contribution in [3.05, 3.63) is 35.5 Å². The molecule has 0 spiro atoms. The van der Waals surface area contributed by atoms with Crippen LogP contribution < -0.4 is 4.90 Å². The van der Waals surface area contributed by atoms with Crippen molar-refractivity contribution in [3.63, 3.8) is 0 Å². The largest absolute Gasteiger partial charge is 0.444 e. The van der Waals surface area contributed by atoms with Crippen LogP contribution in [0, 0.1) is 0 Å². The lowest BCUT2D eigenvalue weighted by Crippen LogP contribution is -2.42. The minimum absolute atomic E-state index is 0.0542. The Morgan fingerprint density at radius 1 is 1.06 bits per heavy atom. The van der Waals surface area contributed by atoms with Crippen LogP contribution in [0.4, 0.5) is 23.8 Å². The van der Waals surface area contributed by atoms with E-state index < -0.39 is 32.1 Å². The second-order valence-corrected chi connectivity index (χ2v) is 20.7. The Kier molecular flexibility index (Phi) is 10.6. The molecular weight excluding hydrogens is 643 g/mol. The molecule has 1 fully saturated rings. The van der Waals surface area contributed by atoms with Crippen LogP contribution in [0.5, 0.6) is 0 Å². The summed E-state index contributed by atoms with van der Waals surface area (Å²) < 4.78 is 54.1. The van der Waals surface area contributed by atoms with Crippen LogP contribution in [-0.2, 0) is 29.2 Å². The van der Waals surface area contributed by atoms with E-state index in [1.165, 1.54) is 6.33 Å². The number of carbonyl (C=O) groups excluding carboxylic acids is 2. The first-order chi connectivity index (χ1) is 22.5. The molecule has 2 aliphatic rings. The fraction of sp³-hybridized carbons (Fsp3) is 0.667. The molecule has 0 unspecified atom stereocenters. The minimum Gasteiger partial charge on any atom is -0.444 e. The average Bonchev–Trinajstić information content (AvgIpc) is 3.59. The quantitative estimate of drug-likeness (QED) is 0.120. The Morgan fingerprint density at radius 2 is 1.79 bits per heavy atom. The molecule has 0 aliphatic carbocycles. The van der Waals surface area contributed by atoms with Crippen LogP contribution in [0.2, 0.25) is 25.7 Å². The summed E-state index contributed by atoms with van der Waals surface area (Å²) in [5.41, 5.74) is 2.02. The second kappa shape index (κ2) is 14.2. The molecule has 0 radical (unpaired) electrons. The van der Waals surface area contributed by atoms with Crippen molar-refractivity contribution in [1.82, 2.24) is 29.2 Å². The van der Waals surface area contributed by atoms with Gasteiger partial charge < -0.3 is 23.8 Å². The van der Waals surface area contributed by atoms with Crippen molar-refractivity contribution in [2.24, 2.45) is 0 Å². The van der Waals surface area contributed by atoms with Crippen LogP contribution in [0.15, 0.2) is 18.6 Å². The second-order valence-electron chi connectivity index (χ2n) is 15.0. The highest BCUT2D eigenvalue weighted by Crippen LogP contribution is 2.34. The van der Waals surface area contributed by atoms with Crippen molar-refractivity contribution in [2.75, 3.05) is 31.1 Å². The lowest BCUT2D eigenvalue weighted by molar-refractivity contribution is -0.135. The molecule has 48 heavy (non-hydrogen) atoms. The summed E-state index contributed by atoms with van der Waals surface area (Å²) in [6, 6.07) is 2.98. The molecule has 0 aromatic carbocycles. The molecule has 11 nitrogen and oxygen atoms in total. The van der Waals surface area contributed by atoms with Crippen molar-refractivity contribution in [2.45, 2.75) is 116 Å². The Hall–Kier alpha value is -3.46. The molecular formula is C33H48F3N7O4Si. The highest BCUT2D eigenvalue weighted by atomic mass is 28.3. The molecule has 1 saturated heterocycles. The van der Waals surface area contributed by atoms with Crippen LogP contribution in [0.3, 0.4) is 0 Å². The maximum absolute atomic E-state index is 13.4. The number of Topliss-reactive ketones (excluding diaryl/α,β-unsaturated/α-hetero) is 1. The van der Waals surface area contributed by atoms with E-state index in [1.807, 2.05) is 42.3 Å². The number of amides is 1. The Morgan fingerprint density at radius 3 is 2.46 bits per heavy atom. The number of halogens is 3. The van der Waals surface area contributed by atoms with E-state index >= 15 is 0 Å². The first-order valence-corrected chi connectivity index (χ1v) is 20.5. The van der Waals surface area contributed by atoms with Gasteiger partial charge in [-0.15, -0.1) is 0 Å². The van der Waals surface area contributed by atoms with E-state index in [4.69, 9.17) is 14.6 Å². The summed E-state index contributed by atoms with van der Waals surface area (Å²) in [7, 11) is -1.22. The number of carbonyl (C=O) groups is 2. The summed E-state index contributed by atoms with van der Waals surface area (Å²) in [5, 5.41) is 5.64. The number of ketones is 1. The van der Waals surface area contributed by atoms with Crippen molar-refractivity contribution in [3.8, 4) is 0 Å². The standard InChI is InChI=1S/C33H48F3N7O4Si/c1-32(2,3)47-31(45)40-14-9-23(10-15-40)43-26-12-17-41(20-25(26)28(39-43)27(44)8-7-13-33(34,35)36)29-24-11-16-42(30(24)38-21-37-29)22-46-18-19-48(4,5)6/h11,16,21,23H,7-10,12-15,17-20,22H2,1-6H3. The van der Waals surface area contributed by atoms with E-state index in [-0.39, 0.29) is 30.7 Å². The first kappa shape index (κ1) is 35.8. The topological polar surface area (TPSA) is 108 Å². The van der Waals surface area contributed by atoms with E-state index in [1.54, 1.807) is 4.90 Å². The predicted octanol–water partition coefficient (Wildman–Crippen LogP) is 6.99. The number of piperidine rings is 1. The number of rotatable bonds is 11. The van der Waals surface area contributed by atoms with Gasteiger partial charge in [0, 0.05) is 77.6 Å². The van der Waals surface area contributed by atoms with Gasteiger partial charge in [-0.3, -0.25) is 9.48 Å². The number of alkyl halides is 3. The van der Waals surface area contributed by atoms with Crippen molar-refractivity contribution < 1.29 is 32.2 Å². The van der Waals surface area contributed by atoms with Gasteiger partial charge in [0.2, 0.25) is 0 Å². The number of ether oxygens (including phenoxy) is 2. The van der Waals surface area contributed by atoms with Crippen LogP contribution >= 0.6 is 0 Å². The molecule has 3 aromatic heterocycles. The van der Waals surface area contributed by atoms with Gasteiger partial charge in [-0.1, -0.05) is 19.6 Å². The summed E-state index contributed by atoms with van der Waals surface area (Å²) in [6.07, 6.45) is -0.946. The number of nitrogens with zero attached hydrogens (tertiary/aromatic N) is 7. The average molecular weight is 692 g/mol. The molecule has 264 valence electrons. The molecule has 2 aliphatic heterocycles. The summed E-state index contributed by atoms with van der Waals surface area (Å²) in [4.78, 5) is 39.0. The molecule has 15 heteroatoms. The third-order valence-electron chi connectivity index (χ3n) is 8.74. The van der Waals surface area contributed by atoms with Gasteiger partial charge in [0.1, 0.15) is 35.8 Å². The fourth-order valence-corrected chi connectivity index (χ4v) is 6.98. The monoisotopic (exact) mass is 691 g/mol. The van der Waals surface area contributed by atoms with E-state index in [0.717, 1.165) is 34.2 Å². The molecule has 0 atom stereocenters. The van der Waals surface area contributed by atoms with Gasteiger partial charge >= 0.3 is 12.3 Å². The number of likely N-dealkylation sites (tertiary alicyclic amines) is 1. The lowest BCUT2D eigenvalue weighted by atomic mass is 9.99. The third-order valence-corrected chi connectivity index (χ3v) is 10.4. The van der Waals surface area contributed by atoms with Gasteiger partial charge in [0.25, 0.3) is 0 Å². The SMILES string of the molecule is CC(C)(C)OC(=O)N1CCC(n2nc(C(=O)CCCC(F)(F)F)c3c2CCN(c2ncnc4c2ccn4COCC[Si](C)(C)C)C3)CC1. The fourth-order valence-electron chi connectivity index (χ4n) is 6.23. The zero-order valence-electron chi connectivity index (χ0n) is 28.9. The normalized spacial score (nSPS) is 16.4. The molecule has 3 aromatic rings. The molecule has 1 amide bonds. The number of anilines is 1. The lowest BCUT2D eigenvalue weighted by Gasteiger charge is -2.35. The van der Waals surface area contributed by atoms with E-state index in [2.05, 4.69) is 34.5 Å². The maximum atomic E-state index is 13.4. The van der Waals surface area contributed by atoms with Crippen LogP contribution in [-0.4, -0.2) is 87.2 Å². The summed E-state index contributed by atoms with van der Waals surface area (Å²) >= 11 is 0. The van der Waals surface area contributed by atoms with Gasteiger partial charge in [0.15, 0.2) is 5.78 Å². The molecule has 5 heterocycles. The maximum Gasteiger partial charge on any atom is 0.410 e. The molecule has 0 bridgehead atoms. The van der Waals surface area contributed by atoms with Gasteiger partial charge in [-0.2, -0.15) is 18.3 Å². The highest BCUT2D eigenvalue weighted by Gasteiger charge is 2.35. The van der Waals surface area contributed by atoms with Crippen molar-refractivity contribution >= 4 is 36.8 Å². The smallest absolute Gasteiger partial charge is 0.410 e. The predicted molar refractivity (Wildman–Crippen MR) is 179 cm³/mol. The Bertz CT molecular complexity index is 1600. The van der Waals surface area contributed by atoms with Crippen LogP contribution in [0.1, 0.15) is 80.7 Å². The first-order valence-electron chi connectivity index (χ1n) is 16.8. The Balaban J connectivity index is 1.36. The number of hydrogen-bond donors (Lipinski definition) is 0. The van der Waals surface area contributed by atoms with Gasteiger partial charge in [-0.25, -0.2) is 14.8 Å². The minimum atomic E-state index is -4.33. The zero-order valence-corrected chi connectivity index (χ0v) is 29.9. The number of aromatic nitrogens is 5. The Labute approximate surface area is 280 Å². The number of hydrogen-bond acceptors (Lipinski definition) is 8. The number of fused-ring (bicyclic) bond motifs is 2. The van der Waals surface area contributed by atoms with Crippen LogP contribution in [0.25, 0.3) is 11.0 Å². The molecule has 0 saturated carbocycles. The van der Waals surface area contributed by atoms with Gasteiger partial charge in [-0.05, 0) is 52.1 Å². The van der Waals surface area contributed by atoms with E-state index in [0.29, 0.717) is 58.8 Å². The zero-order chi connectivity index (χ0) is 34.9. The summed E-state index contributed by atoms with van der Waals surface area (Å²) in [6.45, 7) is 15.4.